The quantitative estimate of drug-likeness (QED) is 0.364. The van der Waals surface area contributed by atoms with Crippen molar-refractivity contribution in [2.45, 2.75) is 113 Å². The maximum Gasteiger partial charge on any atom is 0.138 e. The summed E-state index contributed by atoms with van der Waals surface area (Å²) in [5, 5.41) is 0. The van der Waals surface area contributed by atoms with Gasteiger partial charge in [-0.15, -0.1) is 6.42 Å². The molecule has 5 aliphatic carbocycles. The molecule has 0 aromatic carbocycles. The van der Waals surface area contributed by atoms with Crippen molar-refractivity contribution in [3.8, 4) is 12.3 Å². The van der Waals surface area contributed by atoms with Gasteiger partial charge in [0.05, 0.1) is 0 Å². The molecule has 2 nitrogen and oxygen atoms in total. The average Bonchev–Trinajstić information content (AvgIpc) is 2.72. The van der Waals surface area contributed by atoms with Crippen LogP contribution >= 0.6 is 0 Å². The molecule has 0 N–H and O–H groups in total. The lowest BCUT2D eigenvalue weighted by Crippen LogP contribution is -2.68. The molecular formula is C31H46O2. The van der Waals surface area contributed by atoms with Gasteiger partial charge in [-0.05, 0) is 90.8 Å². The van der Waals surface area contributed by atoms with Gasteiger partial charge in [0, 0.05) is 29.6 Å². The molecule has 0 spiro atoms. The Labute approximate surface area is 202 Å². The lowest BCUT2D eigenvalue weighted by molar-refractivity contribution is -0.229. The minimum Gasteiger partial charge on any atom is -0.299 e. The molecule has 33 heavy (non-hydrogen) atoms. The van der Waals surface area contributed by atoms with Gasteiger partial charge in [0.25, 0.3) is 0 Å². The van der Waals surface area contributed by atoms with E-state index in [9.17, 15) is 9.59 Å². The Balaban J connectivity index is 1.59. The van der Waals surface area contributed by atoms with Gasteiger partial charge in [-0.25, -0.2) is 0 Å². The van der Waals surface area contributed by atoms with E-state index in [2.05, 4.69) is 54.4 Å². The third-order valence-corrected chi connectivity index (χ3v) is 13.0. The second-order valence-corrected chi connectivity index (χ2v) is 15.1. The van der Waals surface area contributed by atoms with E-state index in [1.54, 1.807) is 0 Å². The molecule has 5 saturated carbocycles. The number of carbonyl (C=O) groups excluding carboxylic acids is 2. The van der Waals surface area contributed by atoms with E-state index in [0.29, 0.717) is 42.2 Å². The Kier molecular flexibility index (Phi) is 4.85. The molecule has 5 rings (SSSR count). The van der Waals surface area contributed by atoms with Crippen LogP contribution in [0.15, 0.2) is 0 Å². The fourth-order valence-electron chi connectivity index (χ4n) is 10.8. The highest BCUT2D eigenvalue weighted by Gasteiger charge is 2.72. The Hall–Kier alpha value is -1.10. The van der Waals surface area contributed by atoms with Gasteiger partial charge in [-0.2, -0.15) is 0 Å². The lowest BCUT2D eigenvalue weighted by atomic mass is 9.31. The fraction of sp³-hybridized carbons (Fsp3) is 0.871. The first-order valence-corrected chi connectivity index (χ1v) is 13.7. The van der Waals surface area contributed by atoms with Crippen LogP contribution in [-0.2, 0) is 9.59 Å². The molecule has 0 heterocycles. The van der Waals surface area contributed by atoms with E-state index in [-0.39, 0.29) is 38.4 Å². The van der Waals surface area contributed by atoms with Gasteiger partial charge in [0.15, 0.2) is 0 Å². The normalized spacial score (nSPS) is 52.5. The summed E-state index contributed by atoms with van der Waals surface area (Å²) >= 11 is 0. The number of hydrogen-bond donors (Lipinski definition) is 0. The monoisotopic (exact) mass is 450 g/mol. The number of rotatable bonds is 0. The van der Waals surface area contributed by atoms with Crippen LogP contribution in [0.2, 0.25) is 0 Å². The van der Waals surface area contributed by atoms with Gasteiger partial charge < -0.3 is 0 Å². The van der Waals surface area contributed by atoms with Crippen LogP contribution < -0.4 is 0 Å². The van der Waals surface area contributed by atoms with E-state index in [4.69, 9.17) is 6.42 Å². The van der Waals surface area contributed by atoms with Gasteiger partial charge in [0.2, 0.25) is 0 Å². The highest BCUT2D eigenvalue weighted by atomic mass is 16.1. The van der Waals surface area contributed by atoms with Gasteiger partial charge in [0.1, 0.15) is 11.6 Å². The van der Waals surface area contributed by atoms with Crippen LogP contribution in [0, 0.1) is 68.5 Å². The van der Waals surface area contributed by atoms with Gasteiger partial charge in [-0.3, -0.25) is 9.59 Å². The van der Waals surface area contributed by atoms with Crippen molar-refractivity contribution in [1.29, 1.82) is 0 Å². The first kappa shape index (κ1) is 23.6. The van der Waals surface area contributed by atoms with Crippen LogP contribution in [0.1, 0.15) is 113 Å². The zero-order valence-corrected chi connectivity index (χ0v) is 22.3. The number of fused-ring (bicyclic) bond motifs is 7. The molecule has 0 saturated heterocycles. The van der Waals surface area contributed by atoms with Crippen molar-refractivity contribution < 1.29 is 9.59 Å². The summed E-state index contributed by atoms with van der Waals surface area (Å²) in [6.07, 6.45) is 16.4. The standard InChI is InChI=1S/C31H46O2/c1-9-31-16-14-26(2,3)19-20(31)25-21(32)18-23-28(6)12-11-24(33)27(4,5)22(28)10-13-29(23,7)30(25,8)15-17-31/h1,20,22-23,25H,10-19H2,2-8H3/t20-,22-,23+,25-,28-,29+,30+,31+/m0/s1. The summed E-state index contributed by atoms with van der Waals surface area (Å²) in [5.74, 6) is 5.41. The van der Waals surface area contributed by atoms with Crippen LogP contribution in [0.5, 0.6) is 0 Å². The third kappa shape index (κ3) is 2.81. The Morgan fingerprint density at radius 1 is 0.818 bits per heavy atom. The molecule has 0 bridgehead atoms. The second kappa shape index (κ2) is 6.77. The smallest absolute Gasteiger partial charge is 0.138 e. The van der Waals surface area contributed by atoms with E-state index in [1.165, 1.54) is 6.42 Å². The van der Waals surface area contributed by atoms with E-state index < -0.39 is 0 Å². The van der Waals surface area contributed by atoms with Crippen LogP contribution in [0.3, 0.4) is 0 Å². The summed E-state index contributed by atoms with van der Waals surface area (Å²) in [4.78, 5) is 27.2. The maximum atomic E-state index is 14.3. The molecule has 0 aromatic heterocycles. The topological polar surface area (TPSA) is 34.1 Å². The van der Waals surface area contributed by atoms with Crippen molar-refractivity contribution in [3.63, 3.8) is 0 Å². The average molecular weight is 451 g/mol. The summed E-state index contributed by atoms with van der Waals surface area (Å²) in [6, 6.07) is 0. The molecule has 5 fully saturated rings. The maximum absolute atomic E-state index is 14.3. The van der Waals surface area contributed by atoms with Crippen molar-refractivity contribution in [2.24, 2.45) is 56.2 Å². The second-order valence-electron chi connectivity index (χ2n) is 15.1. The van der Waals surface area contributed by atoms with E-state index >= 15 is 0 Å². The molecule has 0 amide bonds. The molecular weight excluding hydrogens is 404 g/mol. The summed E-state index contributed by atoms with van der Waals surface area (Å²) < 4.78 is 0. The first-order chi connectivity index (χ1) is 15.2. The Bertz CT molecular complexity index is 935. The minimum atomic E-state index is -0.270. The van der Waals surface area contributed by atoms with Crippen LogP contribution in [-0.4, -0.2) is 11.6 Å². The SMILES string of the molecule is C#C[C@]12CCC(C)(C)C[C@H]1[C@H]1C(=O)C[C@@H]3[C@@]4(C)CCC(=O)C(C)(C)[C@@H]4CC[C@@]3(C)[C@]1(C)CC2. The summed E-state index contributed by atoms with van der Waals surface area (Å²) in [5.41, 5.74) is 0.118. The minimum absolute atomic E-state index is 0.00498. The lowest BCUT2D eigenvalue weighted by Gasteiger charge is -2.72. The molecule has 0 unspecified atom stereocenters. The predicted molar refractivity (Wildman–Crippen MR) is 133 cm³/mol. The van der Waals surface area contributed by atoms with Crippen LogP contribution in [0.4, 0.5) is 0 Å². The zero-order valence-electron chi connectivity index (χ0n) is 22.3. The molecule has 0 aliphatic heterocycles. The van der Waals surface area contributed by atoms with Crippen molar-refractivity contribution in [2.75, 3.05) is 0 Å². The van der Waals surface area contributed by atoms with Crippen LogP contribution in [0.25, 0.3) is 0 Å². The Morgan fingerprint density at radius 3 is 2.15 bits per heavy atom. The van der Waals surface area contributed by atoms with Crippen molar-refractivity contribution >= 4 is 11.6 Å². The summed E-state index contributed by atoms with van der Waals surface area (Å²) in [6.45, 7) is 16.6. The largest absolute Gasteiger partial charge is 0.299 e. The van der Waals surface area contributed by atoms with E-state index in [1.807, 2.05) is 0 Å². The van der Waals surface area contributed by atoms with E-state index in [0.717, 1.165) is 44.9 Å². The number of terminal acetylenes is 1. The third-order valence-electron chi connectivity index (χ3n) is 13.0. The molecule has 8 atom stereocenters. The van der Waals surface area contributed by atoms with Gasteiger partial charge >= 0.3 is 0 Å². The highest BCUT2D eigenvalue weighted by molar-refractivity contribution is 5.86. The molecule has 0 aromatic rings. The number of ketones is 2. The molecule has 182 valence electrons. The van der Waals surface area contributed by atoms with Gasteiger partial charge in [-0.1, -0.05) is 54.4 Å². The summed E-state index contributed by atoms with van der Waals surface area (Å²) in [7, 11) is 0. The molecule has 5 aliphatic rings. The first-order valence-electron chi connectivity index (χ1n) is 13.7. The number of carbonyl (C=O) groups is 2. The zero-order chi connectivity index (χ0) is 24.2. The fourth-order valence-corrected chi connectivity index (χ4v) is 10.8. The highest BCUT2D eigenvalue weighted by Crippen LogP contribution is 2.76. The predicted octanol–water partition coefficient (Wildman–Crippen LogP) is 7.25. The van der Waals surface area contributed by atoms with Crippen molar-refractivity contribution in [3.05, 3.63) is 0 Å². The molecule has 0 radical (unpaired) electrons. The Morgan fingerprint density at radius 2 is 1.48 bits per heavy atom. The number of Topliss-reactive ketones (excluding diaryl/α,β-unsaturated/α-hetero) is 2. The van der Waals surface area contributed by atoms with Crippen molar-refractivity contribution in [1.82, 2.24) is 0 Å². The number of hydrogen-bond acceptors (Lipinski definition) is 2. The molecule has 2 heteroatoms.